The number of hydrogen-bond acceptors (Lipinski definition) is 5. The van der Waals surface area contributed by atoms with Crippen molar-refractivity contribution < 1.29 is 27.8 Å². The zero-order chi connectivity index (χ0) is 22.0. The molecule has 2 aromatic rings. The van der Waals surface area contributed by atoms with Gasteiger partial charge >= 0.3 is 5.97 Å². The van der Waals surface area contributed by atoms with Crippen LogP contribution in [0.5, 0.6) is 0 Å². The molecule has 2 aliphatic rings. The molecule has 164 valence electrons. The summed E-state index contributed by atoms with van der Waals surface area (Å²) in [5.74, 6) is -1.75. The average molecular weight is 430 g/mol. The molecule has 2 aliphatic heterocycles. The SMILES string of the molecule is COC(=O)CCNC(=O)Cc1ccc2c(c1)[C@@H]1OCC[C@@H]1[C@@H](c1cc(F)cc(F)c1)N2. The zero-order valence-corrected chi connectivity index (χ0v) is 17.1. The number of halogens is 2. The van der Waals surface area contributed by atoms with Crippen LogP contribution in [0.1, 0.15) is 41.7 Å². The Kier molecular flexibility index (Phi) is 6.18. The van der Waals surface area contributed by atoms with Crippen molar-refractivity contribution in [3.05, 3.63) is 64.7 Å². The van der Waals surface area contributed by atoms with E-state index in [1.54, 1.807) is 0 Å². The molecular formula is C23H24F2N2O4. The minimum Gasteiger partial charge on any atom is -0.469 e. The van der Waals surface area contributed by atoms with Crippen LogP contribution < -0.4 is 10.6 Å². The number of carbonyl (C=O) groups is 2. The van der Waals surface area contributed by atoms with Gasteiger partial charge in [-0.25, -0.2) is 8.78 Å². The molecule has 1 fully saturated rings. The highest BCUT2D eigenvalue weighted by molar-refractivity contribution is 5.79. The highest BCUT2D eigenvalue weighted by Crippen LogP contribution is 2.50. The molecule has 6 nitrogen and oxygen atoms in total. The summed E-state index contributed by atoms with van der Waals surface area (Å²) in [6.07, 6.45) is 0.841. The van der Waals surface area contributed by atoms with Crippen molar-refractivity contribution in [2.75, 3.05) is 25.6 Å². The van der Waals surface area contributed by atoms with E-state index in [1.807, 2.05) is 18.2 Å². The third-order valence-corrected chi connectivity index (χ3v) is 5.79. The summed E-state index contributed by atoms with van der Waals surface area (Å²) in [4.78, 5) is 23.3. The molecule has 8 heteroatoms. The van der Waals surface area contributed by atoms with Gasteiger partial charge in [-0.1, -0.05) is 12.1 Å². The molecule has 4 rings (SSSR count). The van der Waals surface area contributed by atoms with Crippen molar-refractivity contribution in [2.45, 2.75) is 31.4 Å². The Balaban J connectivity index is 1.50. The Labute approximate surface area is 178 Å². The number of nitrogens with one attached hydrogen (secondary N) is 2. The van der Waals surface area contributed by atoms with E-state index in [9.17, 15) is 18.4 Å². The molecule has 1 saturated heterocycles. The first kappa shape index (κ1) is 21.2. The van der Waals surface area contributed by atoms with Crippen molar-refractivity contribution in [3.63, 3.8) is 0 Å². The molecule has 3 atom stereocenters. The molecule has 1 amide bonds. The molecule has 2 heterocycles. The lowest BCUT2D eigenvalue weighted by atomic mass is 9.80. The quantitative estimate of drug-likeness (QED) is 0.687. The van der Waals surface area contributed by atoms with Gasteiger partial charge in [0.25, 0.3) is 0 Å². The maximum Gasteiger partial charge on any atom is 0.307 e. The second-order valence-corrected chi connectivity index (χ2v) is 7.84. The van der Waals surface area contributed by atoms with Crippen LogP contribution in [0.25, 0.3) is 0 Å². The van der Waals surface area contributed by atoms with Gasteiger partial charge < -0.3 is 20.1 Å². The first-order valence-corrected chi connectivity index (χ1v) is 10.2. The van der Waals surface area contributed by atoms with Gasteiger partial charge in [0.15, 0.2) is 0 Å². The molecular weight excluding hydrogens is 406 g/mol. The number of anilines is 1. The van der Waals surface area contributed by atoms with Crippen molar-refractivity contribution >= 4 is 17.6 Å². The van der Waals surface area contributed by atoms with Gasteiger partial charge in [-0.15, -0.1) is 0 Å². The van der Waals surface area contributed by atoms with Crippen LogP contribution >= 0.6 is 0 Å². The van der Waals surface area contributed by atoms with Crippen LogP contribution in [0.2, 0.25) is 0 Å². The summed E-state index contributed by atoms with van der Waals surface area (Å²) in [5.41, 5.74) is 3.14. The molecule has 2 N–H and O–H groups in total. The second-order valence-electron chi connectivity index (χ2n) is 7.84. The molecule has 0 aliphatic carbocycles. The number of hydrogen-bond donors (Lipinski definition) is 2. The van der Waals surface area contributed by atoms with Gasteiger partial charge in [-0.3, -0.25) is 9.59 Å². The molecule has 0 spiro atoms. The van der Waals surface area contributed by atoms with E-state index in [2.05, 4.69) is 15.4 Å². The predicted molar refractivity (Wildman–Crippen MR) is 109 cm³/mol. The maximum atomic E-state index is 13.8. The van der Waals surface area contributed by atoms with Gasteiger partial charge in [-0.05, 0) is 35.7 Å². The lowest BCUT2D eigenvalue weighted by Crippen LogP contribution is -2.30. The average Bonchev–Trinajstić information content (AvgIpc) is 3.22. The summed E-state index contributed by atoms with van der Waals surface area (Å²) in [6, 6.07) is 8.95. The summed E-state index contributed by atoms with van der Waals surface area (Å²) >= 11 is 0. The van der Waals surface area contributed by atoms with Crippen LogP contribution in [0, 0.1) is 17.6 Å². The van der Waals surface area contributed by atoms with Gasteiger partial charge in [0.05, 0.1) is 32.1 Å². The Morgan fingerprint density at radius 1 is 1.19 bits per heavy atom. The number of ether oxygens (including phenoxy) is 2. The van der Waals surface area contributed by atoms with Crippen molar-refractivity contribution in [1.82, 2.24) is 5.32 Å². The van der Waals surface area contributed by atoms with Crippen LogP contribution in [-0.4, -0.2) is 32.1 Å². The standard InChI is InChI=1S/C23H24F2N2O4/c1-30-21(29)4-6-26-20(28)9-13-2-3-19-18(8-13)23-17(5-7-31-23)22(27-19)14-10-15(24)12-16(25)11-14/h2-3,8,10-12,17,22-23,27H,4-7,9H2,1H3,(H,26,28)/t17-,22-,23-/m1/s1. The number of carbonyl (C=O) groups excluding carboxylic acids is 2. The summed E-state index contributed by atoms with van der Waals surface area (Å²) < 4.78 is 38.1. The van der Waals surface area contributed by atoms with Gasteiger partial charge in [0.2, 0.25) is 5.91 Å². The lowest BCUT2D eigenvalue weighted by molar-refractivity contribution is -0.140. The summed E-state index contributed by atoms with van der Waals surface area (Å²) in [7, 11) is 1.30. The van der Waals surface area contributed by atoms with E-state index in [-0.39, 0.29) is 49.3 Å². The molecule has 0 unspecified atom stereocenters. The van der Waals surface area contributed by atoms with Crippen molar-refractivity contribution in [3.8, 4) is 0 Å². The number of amides is 1. The number of fused-ring (bicyclic) bond motifs is 3. The molecule has 0 bridgehead atoms. The monoisotopic (exact) mass is 430 g/mol. The van der Waals surface area contributed by atoms with E-state index < -0.39 is 11.6 Å². The number of benzene rings is 2. The predicted octanol–water partition coefficient (Wildman–Crippen LogP) is 3.43. The van der Waals surface area contributed by atoms with Gasteiger partial charge in [-0.2, -0.15) is 0 Å². The van der Waals surface area contributed by atoms with Crippen LogP contribution in [-0.2, 0) is 25.5 Å². The molecule has 0 radical (unpaired) electrons. The minimum absolute atomic E-state index is 0.0258. The fourth-order valence-corrected chi connectivity index (χ4v) is 4.37. The number of rotatable bonds is 6. The smallest absolute Gasteiger partial charge is 0.307 e. The van der Waals surface area contributed by atoms with E-state index in [0.29, 0.717) is 12.2 Å². The fraction of sp³-hybridized carbons (Fsp3) is 0.391. The Morgan fingerprint density at radius 3 is 2.71 bits per heavy atom. The van der Waals surface area contributed by atoms with E-state index in [0.717, 1.165) is 29.3 Å². The summed E-state index contributed by atoms with van der Waals surface area (Å²) in [5, 5.41) is 6.11. The van der Waals surface area contributed by atoms with Gasteiger partial charge in [0.1, 0.15) is 11.6 Å². The highest BCUT2D eigenvalue weighted by Gasteiger charge is 2.41. The molecule has 2 aromatic carbocycles. The Bertz CT molecular complexity index is 977. The highest BCUT2D eigenvalue weighted by atomic mass is 19.1. The Hall–Kier alpha value is -3.00. The van der Waals surface area contributed by atoms with Crippen LogP contribution in [0.3, 0.4) is 0 Å². The minimum atomic E-state index is -0.605. The van der Waals surface area contributed by atoms with E-state index >= 15 is 0 Å². The second kappa shape index (κ2) is 9.01. The van der Waals surface area contributed by atoms with E-state index in [4.69, 9.17) is 4.74 Å². The zero-order valence-electron chi connectivity index (χ0n) is 17.1. The normalized spacial score (nSPS) is 21.6. The molecule has 0 aromatic heterocycles. The van der Waals surface area contributed by atoms with Crippen molar-refractivity contribution in [2.24, 2.45) is 5.92 Å². The maximum absolute atomic E-state index is 13.8. The lowest BCUT2D eigenvalue weighted by Gasteiger charge is -2.36. The van der Waals surface area contributed by atoms with Crippen molar-refractivity contribution in [1.29, 1.82) is 0 Å². The molecule has 0 saturated carbocycles. The topological polar surface area (TPSA) is 76.7 Å². The third kappa shape index (κ3) is 4.69. The largest absolute Gasteiger partial charge is 0.469 e. The van der Waals surface area contributed by atoms with E-state index in [1.165, 1.54) is 19.2 Å². The fourth-order valence-electron chi connectivity index (χ4n) is 4.37. The number of methoxy groups -OCH3 is 1. The van der Waals surface area contributed by atoms with Crippen LogP contribution in [0.4, 0.5) is 14.5 Å². The first-order valence-electron chi connectivity index (χ1n) is 10.2. The molecule has 31 heavy (non-hydrogen) atoms. The Morgan fingerprint density at radius 2 is 1.97 bits per heavy atom. The third-order valence-electron chi connectivity index (χ3n) is 5.79. The summed E-state index contributed by atoms with van der Waals surface area (Å²) in [6.45, 7) is 0.778. The number of esters is 1. The first-order chi connectivity index (χ1) is 14.9. The van der Waals surface area contributed by atoms with Gasteiger partial charge in [0, 0.05) is 36.4 Å². The van der Waals surface area contributed by atoms with Crippen LogP contribution in [0.15, 0.2) is 36.4 Å².